The Morgan fingerprint density at radius 3 is 1.54 bits per heavy atom. The van der Waals surface area contributed by atoms with E-state index in [0.29, 0.717) is 17.7 Å². The van der Waals surface area contributed by atoms with Crippen molar-refractivity contribution in [2.75, 3.05) is 13.1 Å². The minimum Gasteiger partial charge on any atom is -0.214 e. The molecule has 0 spiro atoms. The third kappa shape index (κ3) is 5.91. The molecular formula is C9H18F3N. The van der Waals surface area contributed by atoms with Gasteiger partial charge in [-0.25, -0.2) is 4.90 Å². The van der Waals surface area contributed by atoms with Gasteiger partial charge < -0.3 is 0 Å². The first-order valence-corrected chi connectivity index (χ1v) is 4.84. The molecule has 0 aliphatic heterocycles. The van der Waals surface area contributed by atoms with Crippen LogP contribution in [-0.4, -0.2) is 24.3 Å². The molecular weight excluding hydrogens is 179 g/mol. The van der Waals surface area contributed by atoms with E-state index in [1.54, 1.807) is 0 Å². The zero-order chi connectivity index (χ0) is 10.3. The molecule has 4 heteroatoms. The van der Waals surface area contributed by atoms with Crippen molar-refractivity contribution in [3.8, 4) is 0 Å². The van der Waals surface area contributed by atoms with E-state index in [1.807, 2.05) is 13.8 Å². The third-order valence-corrected chi connectivity index (χ3v) is 1.92. The van der Waals surface area contributed by atoms with Gasteiger partial charge in [0.2, 0.25) is 0 Å². The van der Waals surface area contributed by atoms with Crippen molar-refractivity contribution in [2.24, 2.45) is 0 Å². The predicted molar refractivity (Wildman–Crippen MR) is 47.4 cm³/mol. The van der Waals surface area contributed by atoms with Crippen molar-refractivity contribution >= 4 is 0 Å². The second-order valence-electron chi connectivity index (χ2n) is 3.16. The van der Waals surface area contributed by atoms with E-state index >= 15 is 0 Å². The number of unbranched alkanes of at least 4 members (excludes halogenated alkanes) is 2. The van der Waals surface area contributed by atoms with Crippen molar-refractivity contribution < 1.29 is 13.2 Å². The van der Waals surface area contributed by atoms with Crippen molar-refractivity contribution in [1.29, 1.82) is 0 Å². The monoisotopic (exact) mass is 197 g/mol. The Labute approximate surface area is 77.9 Å². The van der Waals surface area contributed by atoms with Crippen LogP contribution >= 0.6 is 0 Å². The second-order valence-corrected chi connectivity index (χ2v) is 3.16. The first kappa shape index (κ1) is 12.8. The first-order valence-electron chi connectivity index (χ1n) is 4.84. The first-order chi connectivity index (χ1) is 6.02. The van der Waals surface area contributed by atoms with E-state index in [1.165, 1.54) is 0 Å². The number of halogens is 3. The summed E-state index contributed by atoms with van der Waals surface area (Å²) in [4.78, 5) is 0.611. The Kier molecular flexibility index (Phi) is 6.12. The van der Waals surface area contributed by atoms with Crippen LogP contribution in [0.15, 0.2) is 0 Å². The summed E-state index contributed by atoms with van der Waals surface area (Å²) in [5.41, 5.74) is 0. The molecule has 0 aliphatic carbocycles. The minimum atomic E-state index is -4.15. The maximum Gasteiger partial charge on any atom is 0.459 e. The molecule has 0 aliphatic rings. The Hall–Kier alpha value is -0.250. The summed E-state index contributed by atoms with van der Waals surface area (Å²) in [6.45, 7) is 4.07. The van der Waals surface area contributed by atoms with Crippen molar-refractivity contribution in [1.82, 2.24) is 4.90 Å². The summed E-state index contributed by atoms with van der Waals surface area (Å²) in [6, 6.07) is 0. The quantitative estimate of drug-likeness (QED) is 0.590. The van der Waals surface area contributed by atoms with Gasteiger partial charge in [0.25, 0.3) is 0 Å². The molecule has 0 amide bonds. The average molecular weight is 197 g/mol. The molecule has 1 nitrogen and oxygen atoms in total. The molecule has 0 atom stereocenters. The molecule has 0 heterocycles. The number of hydrogen-bond acceptors (Lipinski definition) is 1. The van der Waals surface area contributed by atoms with E-state index in [0.717, 1.165) is 12.8 Å². The van der Waals surface area contributed by atoms with Gasteiger partial charge in [-0.3, -0.25) is 0 Å². The summed E-state index contributed by atoms with van der Waals surface area (Å²) >= 11 is 0. The second kappa shape index (κ2) is 6.24. The minimum absolute atomic E-state index is 0.139. The van der Waals surface area contributed by atoms with Gasteiger partial charge in [-0.15, -0.1) is 0 Å². The molecule has 0 aromatic carbocycles. The highest BCUT2D eigenvalue weighted by molar-refractivity contribution is 4.59. The molecule has 0 radical (unpaired) electrons. The molecule has 0 rings (SSSR count). The SMILES string of the molecule is CCCCN(CCCC)C(F)(F)F. The lowest BCUT2D eigenvalue weighted by Gasteiger charge is -2.24. The molecule has 0 saturated carbocycles. The molecule has 0 bridgehead atoms. The summed E-state index contributed by atoms with van der Waals surface area (Å²) in [6.07, 6.45) is -1.31. The molecule has 0 unspecified atom stereocenters. The summed E-state index contributed by atoms with van der Waals surface area (Å²) in [5, 5.41) is 0. The van der Waals surface area contributed by atoms with E-state index in [9.17, 15) is 13.2 Å². The standard InChI is InChI=1S/C9H18F3N/c1-3-5-7-13(8-6-4-2)9(10,11)12/h3-8H2,1-2H3. The highest BCUT2D eigenvalue weighted by Gasteiger charge is 2.35. The van der Waals surface area contributed by atoms with Gasteiger partial charge in [0, 0.05) is 13.1 Å². The fourth-order valence-electron chi connectivity index (χ4n) is 1.06. The predicted octanol–water partition coefficient (Wildman–Crippen LogP) is 3.41. The number of nitrogens with zero attached hydrogens (tertiary/aromatic N) is 1. The highest BCUT2D eigenvalue weighted by Crippen LogP contribution is 2.21. The van der Waals surface area contributed by atoms with Crippen LogP contribution in [-0.2, 0) is 0 Å². The highest BCUT2D eigenvalue weighted by atomic mass is 19.4. The van der Waals surface area contributed by atoms with Gasteiger partial charge >= 0.3 is 6.30 Å². The van der Waals surface area contributed by atoms with E-state index in [4.69, 9.17) is 0 Å². The Morgan fingerprint density at radius 2 is 1.31 bits per heavy atom. The number of rotatable bonds is 6. The van der Waals surface area contributed by atoms with Crippen molar-refractivity contribution in [3.63, 3.8) is 0 Å². The third-order valence-electron chi connectivity index (χ3n) is 1.92. The zero-order valence-corrected chi connectivity index (χ0v) is 8.32. The number of alkyl halides is 3. The summed E-state index contributed by atoms with van der Waals surface area (Å²) in [7, 11) is 0. The molecule has 0 N–H and O–H groups in total. The Balaban J connectivity index is 3.88. The largest absolute Gasteiger partial charge is 0.459 e. The molecule has 13 heavy (non-hydrogen) atoms. The van der Waals surface area contributed by atoms with Gasteiger partial charge in [-0.05, 0) is 12.8 Å². The molecule has 0 aromatic rings. The van der Waals surface area contributed by atoms with Gasteiger partial charge in [0.1, 0.15) is 0 Å². The molecule has 80 valence electrons. The smallest absolute Gasteiger partial charge is 0.214 e. The Bertz CT molecular complexity index is 115. The lowest BCUT2D eigenvalue weighted by molar-refractivity contribution is -0.245. The van der Waals surface area contributed by atoms with Crippen LogP contribution in [0.2, 0.25) is 0 Å². The van der Waals surface area contributed by atoms with Gasteiger partial charge in [-0.2, -0.15) is 13.2 Å². The van der Waals surface area contributed by atoms with Crippen molar-refractivity contribution in [3.05, 3.63) is 0 Å². The van der Waals surface area contributed by atoms with E-state index in [2.05, 4.69) is 0 Å². The lowest BCUT2D eigenvalue weighted by atomic mass is 10.3. The molecule has 0 aromatic heterocycles. The summed E-state index contributed by atoms with van der Waals surface area (Å²) < 4.78 is 36.9. The van der Waals surface area contributed by atoms with Crippen LogP contribution in [0.5, 0.6) is 0 Å². The van der Waals surface area contributed by atoms with Crippen LogP contribution in [0.1, 0.15) is 39.5 Å². The van der Waals surface area contributed by atoms with Crippen LogP contribution in [0.3, 0.4) is 0 Å². The van der Waals surface area contributed by atoms with E-state index in [-0.39, 0.29) is 13.1 Å². The Morgan fingerprint density at radius 1 is 0.923 bits per heavy atom. The lowest BCUT2D eigenvalue weighted by Crippen LogP contribution is -2.39. The summed E-state index contributed by atoms with van der Waals surface area (Å²) in [5.74, 6) is 0. The van der Waals surface area contributed by atoms with Gasteiger partial charge in [0.05, 0.1) is 0 Å². The van der Waals surface area contributed by atoms with Crippen molar-refractivity contribution in [2.45, 2.75) is 45.8 Å². The fraction of sp³-hybridized carbons (Fsp3) is 1.00. The van der Waals surface area contributed by atoms with Crippen LogP contribution < -0.4 is 0 Å². The zero-order valence-electron chi connectivity index (χ0n) is 8.32. The van der Waals surface area contributed by atoms with Gasteiger partial charge in [-0.1, -0.05) is 26.7 Å². The maximum absolute atomic E-state index is 12.3. The molecule has 0 fully saturated rings. The maximum atomic E-state index is 12.3. The topological polar surface area (TPSA) is 3.24 Å². The van der Waals surface area contributed by atoms with Crippen LogP contribution in [0.25, 0.3) is 0 Å². The average Bonchev–Trinajstić information content (AvgIpc) is 2.02. The normalized spacial score (nSPS) is 12.5. The van der Waals surface area contributed by atoms with Crippen LogP contribution in [0, 0.1) is 0 Å². The molecule has 0 saturated heterocycles. The van der Waals surface area contributed by atoms with E-state index < -0.39 is 6.30 Å². The fourth-order valence-corrected chi connectivity index (χ4v) is 1.06. The number of hydrogen-bond donors (Lipinski definition) is 0. The van der Waals surface area contributed by atoms with Crippen LogP contribution in [0.4, 0.5) is 13.2 Å². The van der Waals surface area contributed by atoms with Gasteiger partial charge in [0.15, 0.2) is 0 Å².